The number of hydrogen-bond donors (Lipinski definition) is 2. The Morgan fingerprint density at radius 3 is 2.46 bits per heavy atom. The fraction of sp³-hybridized carbons (Fsp3) is 0.634. The van der Waals surface area contributed by atoms with Crippen LogP contribution in [0.15, 0.2) is 36.5 Å². The van der Waals surface area contributed by atoms with Crippen molar-refractivity contribution in [3.8, 4) is 11.8 Å². The predicted molar refractivity (Wildman–Crippen MR) is 199 cm³/mol. The summed E-state index contributed by atoms with van der Waals surface area (Å²) in [6.07, 6.45) is -4.02. The molecule has 13 atom stereocenters. The minimum atomic E-state index is -1.39. The van der Waals surface area contributed by atoms with E-state index in [-0.39, 0.29) is 31.0 Å². The summed E-state index contributed by atoms with van der Waals surface area (Å²) in [5.74, 6) is 1.46. The molecule has 3 aliphatic heterocycles. The first kappa shape index (κ1) is 41.2. The van der Waals surface area contributed by atoms with Gasteiger partial charge in [0.25, 0.3) is 0 Å². The number of amides is 1. The Balaban J connectivity index is 1.53. The number of rotatable bonds is 6. The van der Waals surface area contributed by atoms with E-state index in [1.165, 1.54) is 0 Å². The standard InChI is InChI=1S/C41H55N3O10/c1-10-32-41(7)38(43-40(49)54-41)25(5)34(47)24(4)36(50-17-13-14-27-19-28-15-11-12-16-29(28)42-21-27)26(6)37(23(3)31(45)20-33(46)52-32)53-39-35(48)30(44(8)9)18-22(2)51-39/h11-12,15-16,19,21-26,30,32,35-39,48H,10,17-18,20H2,1-9H3,(H,43,49)/t22-,23+,24+,25+,26+,30+,32-,35-,36+,37-,38?,39+,41-/m1/s1. The first-order valence-electron chi connectivity index (χ1n) is 18.9. The van der Waals surface area contributed by atoms with Gasteiger partial charge in [-0.3, -0.25) is 19.4 Å². The van der Waals surface area contributed by atoms with Crippen molar-refractivity contribution in [2.24, 2.45) is 23.7 Å². The summed E-state index contributed by atoms with van der Waals surface area (Å²) in [5.41, 5.74) is 0.146. The Labute approximate surface area is 317 Å². The third-order valence-electron chi connectivity index (χ3n) is 11.5. The van der Waals surface area contributed by atoms with Gasteiger partial charge in [-0.15, -0.1) is 0 Å². The van der Waals surface area contributed by atoms with Gasteiger partial charge in [-0.05, 0) is 52.9 Å². The molecule has 2 N–H and O–H groups in total. The number of ketones is 2. The molecule has 1 unspecified atom stereocenters. The average Bonchev–Trinajstić information content (AvgIpc) is 3.45. The summed E-state index contributed by atoms with van der Waals surface area (Å²) in [5, 5.41) is 15.2. The van der Waals surface area contributed by atoms with Crippen LogP contribution in [0.25, 0.3) is 10.9 Å². The Morgan fingerprint density at radius 2 is 1.76 bits per heavy atom. The Morgan fingerprint density at radius 1 is 1.04 bits per heavy atom. The van der Waals surface area contributed by atoms with E-state index in [4.69, 9.17) is 23.7 Å². The largest absolute Gasteiger partial charge is 0.458 e. The van der Waals surface area contributed by atoms with Crippen molar-refractivity contribution in [3.63, 3.8) is 0 Å². The molecule has 1 aromatic carbocycles. The van der Waals surface area contributed by atoms with Gasteiger partial charge in [0, 0.05) is 46.9 Å². The maximum Gasteiger partial charge on any atom is 0.408 e. The number of alkyl carbamates (subject to hydrolysis) is 1. The lowest BCUT2D eigenvalue weighted by Gasteiger charge is -2.45. The van der Waals surface area contributed by atoms with Crippen molar-refractivity contribution in [1.82, 2.24) is 15.2 Å². The van der Waals surface area contributed by atoms with Crippen LogP contribution in [0, 0.1) is 35.5 Å². The smallest absolute Gasteiger partial charge is 0.408 e. The van der Waals surface area contributed by atoms with Crippen LogP contribution >= 0.6 is 0 Å². The monoisotopic (exact) mass is 749 g/mol. The Bertz CT molecular complexity index is 1760. The van der Waals surface area contributed by atoms with Gasteiger partial charge in [0.15, 0.2) is 11.9 Å². The molecule has 0 aliphatic carbocycles. The van der Waals surface area contributed by atoms with Crippen LogP contribution in [-0.4, -0.2) is 114 Å². The summed E-state index contributed by atoms with van der Waals surface area (Å²) < 4.78 is 30.8. The maximum atomic E-state index is 14.5. The Kier molecular flexibility index (Phi) is 13.2. The van der Waals surface area contributed by atoms with E-state index >= 15 is 0 Å². The van der Waals surface area contributed by atoms with E-state index in [0.717, 1.165) is 10.9 Å². The third-order valence-corrected chi connectivity index (χ3v) is 11.5. The number of likely N-dealkylation sites (N-methyl/N-ethyl adjacent to an activating group) is 1. The van der Waals surface area contributed by atoms with Crippen LogP contribution in [0.3, 0.4) is 0 Å². The van der Waals surface area contributed by atoms with E-state index in [1.807, 2.05) is 63.2 Å². The number of benzene rings is 1. The Hall–Kier alpha value is -3.93. The molecule has 0 saturated carbocycles. The number of Topliss-reactive ketones (excluding diaryl/α,β-unsaturated/α-hetero) is 2. The second-order valence-corrected chi connectivity index (χ2v) is 15.5. The third kappa shape index (κ3) is 8.79. The second kappa shape index (κ2) is 17.3. The van der Waals surface area contributed by atoms with Crippen molar-refractivity contribution >= 4 is 34.5 Å². The topological polar surface area (TPSA) is 163 Å². The number of esters is 1. The van der Waals surface area contributed by atoms with Gasteiger partial charge in [-0.1, -0.05) is 64.7 Å². The van der Waals surface area contributed by atoms with Crippen LogP contribution in [0.5, 0.6) is 0 Å². The van der Waals surface area contributed by atoms with Crippen LogP contribution in [-0.2, 0) is 38.1 Å². The van der Waals surface area contributed by atoms with E-state index in [0.29, 0.717) is 12.0 Å². The molecular weight excluding hydrogens is 694 g/mol. The first-order chi connectivity index (χ1) is 25.5. The van der Waals surface area contributed by atoms with Crippen LogP contribution in [0.2, 0.25) is 0 Å². The second-order valence-electron chi connectivity index (χ2n) is 15.5. The van der Waals surface area contributed by atoms with Gasteiger partial charge >= 0.3 is 12.1 Å². The van der Waals surface area contributed by atoms with Crippen molar-refractivity contribution in [1.29, 1.82) is 0 Å². The number of carbonyl (C=O) groups is 4. The SMILES string of the molecule is CC[C@H]1OC(=O)CC(=O)[C@H](C)[C@@H](O[C@@H]2O[C@H](C)C[C@H](N(C)C)[C@H]2O)[C@@H](C)[C@@H](OCC#Cc2cnc3ccccc3c2)[C@@H](C)C(=O)[C@H](C)C2NC(=O)O[C@@]21C. The summed E-state index contributed by atoms with van der Waals surface area (Å²) in [4.78, 5) is 61.0. The fourth-order valence-electron chi connectivity index (χ4n) is 8.34. The molecule has 3 saturated heterocycles. The molecule has 0 bridgehead atoms. The normalized spacial score (nSPS) is 36.7. The van der Waals surface area contributed by atoms with Gasteiger partial charge < -0.3 is 39.0 Å². The lowest BCUT2D eigenvalue weighted by atomic mass is 9.74. The maximum absolute atomic E-state index is 14.5. The highest BCUT2D eigenvalue weighted by atomic mass is 16.7. The highest BCUT2D eigenvalue weighted by molar-refractivity contribution is 5.97. The van der Waals surface area contributed by atoms with E-state index in [9.17, 15) is 24.3 Å². The molecule has 2 aromatic rings. The van der Waals surface area contributed by atoms with Gasteiger partial charge in [0.2, 0.25) is 0 Å². The number of para-hydroxylation sites is 1. The van der Waals surface area contributed by atoms with Crippen molar-refractivity contribution < 1.29 is 48.0 Å². The minimum absolute atomic E-state index is 0.0730. The summed E-state index contributed by atoms with van der Waals surface area (Å²) in [6.45, 7) is 12.2. The van der Waals surface area contributed by atoms with Crippen molar-refractivity contribution in [3.05, 3.63) is 42.1 Å². The van der Waals surface area contributed by atoms with Gasteiger partial charge in [-0.25, -0.2) is 4.79 Å². The highest BCUT2D eigenvalue weighted by Crippen LogP contribution is 2.38. The minimum Gasteiger partial charge on any atom is -0.458 e. The number of ether oxygens (including phenoxy) is 5. The van der Waals surface area contributed by atoms with Crippen LogP contribution < -0.4 is 5.32 Å². The molecule has 3 fully saturated rings. The number of pyridine rings is 1. The number of nitrogens with one attached hydrogen (secondary N) is 1. The quantitative estimate of drug-likeness (QED) is 0.248. The lowest BCUT2D eigenvalue weighted by molar-refractivity contribution is -0.281. The molecule has 294 valence electrons. The van der Waals surface area contributed by atoms with E-state index in [2.05, 4.69) is 22.1 Å². The molecule has 13 heteroatoms. The number of fused-ring (bicyclic) bond motifs is 2. The van der Waals surface area contributed by atoms with Crippen molar-refractivity contribution in [2.45, 2.75) is 122 Å². The van der Waals surface area contributed by atoms with E-state index < -0.39 is 90.3 Å². The molecule has 0 radical (unpaired) electrons. The van der Waals surface area contributed by atoms with Gasteiger partial charge in [0.05, 0.1) is 29.9 Å². The molecule has 13 nitrogen and oxygen atoms in total. The average molecular weight is 750 g/mol. The summed E-state index contributed by atoms with van der Waals surface area (Å²) in [6, 6.07) is 8.52. The molecule has 1 aromatic heterocycles. The number of nitrogens with zero attached hydrogens (tertiary/aromatic N) is 2. The molecule has 5 rings (SSSR count). The molecule has 0 spiro atoms. The molecule has 1 amide bonds. The van der Waals surface area contributed by atoms with Gasteiger partial charge in [0.1, 0.15) is 36.8 Å². The molecule has 3 aliphatic rings. The van der Waals surface area contributed by atoms with Gasteiger partial charge in [-0.2, -0.15) is 0 Å². The summed E-state index contributed by atoms with van der Waals surface area (Å²) in [7, 11) is 3.73. The number of carbonyl (C=O) groups excluding carboxylic acids is 4. The number of hydrogen-bond acceptors (Lipinski definition) is 12. The van der Waals surface area contributed by atoms with E-state index in [1.54, 1.807) is 40.8 Å². The molecule has 54 heavy (non-hydrogen) atoms. The van der Waals surface area contributed by atoms with Crippen LogP contribution in [0.1, 0.15) is 73.3 Å². The number of cyclic esters (lactones) is 1. The zero-order chi connectivity index (χ0) is 39.5. The zero-order valence-corrected chi connectivity index (χ0v) is 32.7. The molecular formula is C41H55N3O10. The first-order valence-corrected chi connectivity index (χ1v) is 18.9. The highest BCUT2D eigenvalue weighted by Gasteiger charge is 2.56. The lowest BCUT2D eigenvalue weighted by Crippen LogP contribution is -2.58. The number of aliphatic hydroxyl groups is 1. The molecule has 4 heterocycles. The van der Waals surface area contributed by atoms with Crippen LogP contribution in [0.4, 0.5) is 4.79 Å². The number of aliphatic hydroxyl groups excluding tert-OH is 1. The fourth-order valence-corrected chi connectivity index (χ4v) is 8.34. The predicted octanol–water partition coefficient (Wildman–Crippen LogP) is 4.06. The van der Waals surface area contributed by atoms with Crippen molar-refractivity contribution in [2.75, 3.05) is 20.7 Å². The zero-order valence-electron chi connectivity index (χ0n) is 32.7. The summed E-state index contributed by atoms with van der Waals surface area (Å²) >= 11 is 0. The number of aromatic nitrogens is 1.